The number of imidazole rings is 1. The SMILES string of the molecule is Cn1ccnc1-c1ccc(C2(N)CCCC2)cc1. The molecule has 3 rings (SSSR count). The Morgan fingerprint density at radius 2 is 1.83 bits per heavy atom. The van der Waals surface area contributed by atoms with Crippen LogP contribution in [-0.4, -0.2) is 9.55 Å². The molecule has 0 saturated heterocycles. The van der Waals surface area contributed by atoms with Gasteiger partial charge in [-0.1, -0.05) is 37.1 Å². The summed E-state index contributed by atoms with van der Waals surface area (Å²) in [6.45, 7) is 0. The fourth-order valence-corrected chi connectivity index (χ4v) is 2.89. The van der Waals surface area contributed by atoms with Crippen molar-refractivity contribution >= 4 is 0 Å². The number of benzene rings is 1. The minimum atomic E-state index is -0.0971. The van der Waals surface area contributed by atoms with Gasteiger partial charge in [0.1, 0.15) is 5.82 Å². The van der Waals surface area contributed by atoms with Crippen LogP contribution in [0.3, 0.4) is 0 Å². The molecule has 0 unspecified atom stereocenters. The molecule has 0 bridgehead atoms. The summed E-state index contributed by atoms with van der Waals surface area (Å²) in [6, 6.07) is 8.58. The molecule has 0 amide bonds. The number of aryl methyl sites for hydroxylation is 1. The maximum atomic E-state index is 6.46. The van der Waals surface area contributed by atoms with Crippen LogP contribution in [0.4, 0.5) is 0 Å². The van der Waals surface area contributed by atoms with E-state index in [0.29, 0.717) is 0 Å². The monoisotopic (exact) mass is 241 g/mol. The molecule has 2 aromatic rings. The van der Waals surface area contributed by atoms with Crippen molar-refractivity contribution in [2.45, 2.75) is 31.2 Å². The maximum Gasteiger partial charge on any atom is 0.139 e. The van der Waals surface area contributed by atoms with Crippen LogP contribution in [0.1, 0.15) is 31.2 Å². The van der Waals surface area contributed by atoms with E-state index in [1.807, 2.05) is 24.0 Å². The average Bonchev–Trinajstić information content (AvgIpc) is 2.99. The van der Waals surface area contributed by atoms with E-state index in [2.05, 4.69) is 29.2 Å². The number of hydrogen-bond donors (Lipinski definition) is 1. The Morgan fingerprint density at radius 1 is 1.17 bits per heavy atom. The molecule has 1 aliphatic rings. The van der Waals surface area contributed by atoms with E-state index >= 15 is 0 Å². The molecule has 94 valence electrons. The Morgan fingerprint density at radius 3 is 2.39 bits per heavy atom. The number of hydrogen-bond acceptors (Lipinski definition) is 2. The molecule has 1 heterocycles. The van der Waals surface area contributed by atoms with E-state index < -0.39 is 0 Å². The molecule has 18 heavy (non-hydrogen) atoms. The topological polar surface area (TPSA) is 43.8 Å². The van der Waals surface area contributed by atoms with Crippen LogP contribution in [0.5, 0.6) is 0 Å². The third kappa shape index (κ3) is 1.85. The first-order valence-electron chi connectivity index (χ1n) is 6.56. The van der Waals surface area contributed by atoms with Crippen molar-refractivity contribution in [3.8, 4) is 11.4 Å². The van der Waals surface area contributed by atoms with Crippen LogP contribution in [-0.2, 0) is 12.6 Å². The zero-order valence-corrected chi connectivity index (χ0v) is 10.8. The summed E-state index contributed by atoms with van der Waals surface area (Å²) < 4.78 is 2.03. The lowest BCUT2D eigenvalue weighted by atomic mass is 9.89. The number of nitrogens with two attached hydrogens (primary N) is 1. The van der Waals surface area contributed by atoms with Gasteiger partial charge in [-0.25, -0.2) is 4.98 Å². The second kappa shape index (κ2) is 4.25. The van der Waals surface area contributed by atoms with Gasteiger partial charge in [-0.3, -0.25) is 0 Å². The van der Waals surface area contributed by atoms with Gasteiger partial charge in [0.2, 0.25) is 0 Å². The third-order valence-corrected chi connectivity index (χ3v) is 4.03. The van der Waals surface area contributed by atoms with E-state index in [4.69, 9.17) is 5.73 Å². The van der Waals surface area contributed by atoms with E-state index in [9.17, 15) is 0 Å². The largest absolute Gasteiger partial charge is 0.334 e. The molecule has 0 atom stereocenters. The fourth-order valence-electron chi connectivity index (χ4n) is 2.89. The van der Waals surface area contributed by atoms with E-state index in [0.717, 1.165) is 24.2 Å². The molecular weight excluding hydrogens is 222 g/mol. The van der Waals surface area contributed by atoms with Gasteiger partial charge < -0.3 is 10.3 Å². The number of nitrogens with zero attached hydrogens (tertiary/aromatic N) is 2. The standard InChI is InChI=1S/C15H19N3/c1-18-11-10-17-14(18)12-4-6-13(7-5-12)15(16)8-2-3-9-15/h4-7,10-11H,2-3,8-9,16H2,1H3. The maximum absolute atomic E-state index is 6.46. The van der Waals surface area contributed by atoms with Crippen molar-refractivity contribution in [2.24, 2.45) is 12.8 Å². The van der Waals surface area contributed by atoms with E-state index in [1.54, 1.807) is 0 Å². The van der Waals surface area contributed by atoms with Crippen molar-refractivity contribution in [1.82, 2.24) is 9.55 Å². The van der Waals surface area contributed by atoms with E-state index in [1.165, 1.54) is 18.4 Å². The molecular formula is C15H19N3. The molecule has 3 heteroatoms. The summed E-state index contributed by atoms with van der Waals surface area (Å²) in [6.07, 6.45) is 8.49. The van der Waals surface area contributed by atoms with Gasteiger partial charge in [-0.05, 0) is 18.4 Å². The quantitative estimate of drug-likeness (QED) is 0.878. The van der Waals surface area contributed by atoms with Crippen LogP contribution < -0.4 is 5.73 Å². The molecule has 0 spiro atoms. The van der Waals surface area contributed by atoms with Crippen molar-refractivity contribution in [3.05, 3.63) is 42.2 Å². The first-order valence-corrected chi connectivity index (χ1v) is 6.56. The zero-order chi connectivity index (χ0) is 12.6. The van der Waals surface area contributed by atoms with Gasteiger partial charge in [-0.2, -0.15) is 0 Å². The summed E-state index contributed by atoms with van der Waals surface area (Å²) in [5.41, 5.74) is 8.77. The fraction of sp³-hybridized carbons (Fsp3) is 0.400. The molecule has 1 aliphatic carbocycles. The Balaban J connectivity index is 1.92. The lowest BCUT2D eigenvalue weighted by Gasteiger charge is -2.24. The Labute approximate surface area is 108 Å². The molecule has 1 saturated carbocycles. The van der Waals surface area contributed by atoms with Gasteiger partial charge in [0.15, 0.2) is 0 Å². The molecule has 0 radical (unpaired) electrons. The predicted octanol–water partition coefficient (Wildman–Crippen LogP) is 2.82. The molecule has 1 aromatic heterocycles. The Hall–Kier alpha value is -1.61. The molecule has 1 aromatic carbocycles. The van der Waals surface area contributed by atoms with Gasteiger partial charge in [0, 0.05) is 30.5 Å². The zero-order valence-electron chi connectivity index (χ0n) is 10.8. The van der Waals surface area contributed by atoms with E-state index in [-0.39, 0.29) is 5.54 Å². The minimum absolute atomic E-state index is 0.0971. The Kier molecular flexibility index (Phi) is 2.71. The van der Waals surface area contributed by atoms with Crippen LogP contribution in [0, 0.1) is 0 Å². The third-order valence-electron chi connectivity index (χ3n) is 4.03. The van der Waals surface area contributed by atoms with Crippen molar-refractivity contribution < 1.29 is 0 Å². The normalized spacial score (nSPS) is 18.1. The van der Waals surface area contributed by atoms with Crippen molar-refractivity contribution in [2.75, 3.05) is 0 Å². The molecule has 0 aliphatic heterocycles. The average molecular weight is 241 g/mol. The lowest BCUT2D eigenvalue weighted by Crippen LogP contribution is -2.32. The number of rotatable bonds is 2. The van der Waals surface area contributed by atoms with Crippen molar-refractivity contribution in [1.29, 1.82) is 0 Å². The van der Waals surface area contributed by atoms with Crippen LogP contribution >= 0.6 is 0 Å². The highest BCUT2D eigenvalue weighted by atomic mass is 15.0. The number of aromatic nitrogens is 2. The summed E-state index contributed by atoms with van der Waals surface area (Å²) in [4.78, 5) is 4.36. The summed E-state index contributed by atoms with van der Waals surface area (Å²) >= 11 is 0. The highest BCUT2D eigenvalue weighted by Gasteiger charge is 2.30. The van der Waals surface area contributed by atoms with Gasteiger partial charge in [0.25, 0.3) is 0 Å². The highest BCUT2D eigenvalue weighted by molar-refractivity contribution is 5.56. The molecule has 1 fully saturated rings. The first-order chi connectivity index (χ1) is 8.69. The molecule has 3 nitrogen and oxygen atoms in total. The lowest BCUT2D eigenvalue weighted by molar-refractivity contribution is 0.462. The smallest absolute Gasteiger partial charge is 0.139 e. The minimum Gasteiger partial charge on any atom is -0.334 e. The predicted molar refractivity (Wildman–Crippen MR) is 73.0 cm³/mol. The Bertz CT molecular complexity index is 533. The van der Waals surface area contributed by atoms with Crippen LogP contribution in [0.25, 0.3) is 11.4 Å². The second-order valence-electron chi connectivity index (χ2n) is 5.30. The summed E-state index contributed by atoms with van der Waals surface area (Å²) in [5, 5.41) is 0. The highest BCUT2D eigenvalue weighted by Crippen LogP contribution is 2.36. The summed E-state index contributed by atoms with van der Waals surface area (Å²) in [7, 11) is 2.01. The first kappa shape index (κ1) is 11.5. The van der Waals surface area contributed by atoms with Crippen LogP contribution in [0.15, 0.2) is 36.7 Å². The van der Waals surface area contributed by atoms with Gasteiger partial charge in [-0.15, -0.1) is 0 Å². The van der Waals surface area contributed by atoms with Crippen molar-refractivity contribution in [3.63, 3.8) is 0 Å². The van der Waals surface area contributed by atoms with Crippen LogP contribution in [0.2, 0.25) is 0 Å². The van der Waals surface area contributed by atoms with Gasteiger partial charge in [0.05, 0.1) is 0 Å². The summed E-state index contributed by atoms with van der Waals surface area (Å²) in [5.74, 6) is 0.999. The molecule has 2 N–H and O–H groups in total. The second-order valence-corrected chi connectivity index (χ2v) is 5.30. The van der Waals surface area contributed by atoms with Gasteiger partial charge >= 0.3 is 0 Å².